The molecule has 0 aromatic heterocycles. The van der Waals surface area contributed by atoms with Gasteiger partial charge in [-0.3, -0.25) is 4.79 Å². The summed E-state index contributed by atoms with van der Waals surface area (Å²) in [4.78, 5) is 24.5. The zero-order valence-corrected chi connectivity index (χ0v) is 18.3. The van der Waals surface area contributed by atoms with E-state index in [-0.39, 0.29) is 22.7 Å². The average molecular weight is 394 g/mol. The number of benzene rings is 2. The summed E-state index contributed by atoms with van der Waals surface area (Å²) in [7, 11) is 1.36. The van der Waals surface area contributed by atoms with Crippen LogP contribution in [0, 0.1) is 6.92 Å². The highest BCUT2D eigenvalue weighted by Gasteiger charge is 2.37. The minimum atomic E-state index is -0.365. The number of fused-ring (bicyclic) bond motifs is 1. The Hall–Kier alpha value is -2.62. The minimum Gasteiger partial charge on any atom is -0.465 e. The molecule has 29 heavy (non-hydrogen) atoms. The lowest BCUT2D eigenvalue weighted by Crippen LogP contribution is -2.35. The number of methoxy groups -OCH3 is 1. The average Bonchev–Trinajstić information content (AvgIpc) is 2.69. The molecule has 0 unspecified atom stereocenters. The van der Waals surface area contributed by atoms with Crippen molar-refractivity contribution < 1.29 is 14.3 Å². The third-order valence-corrected chi connectivity index (χ3v) is 6.27. The van der Waals surface area contributed by atoms with Gasteiger partial charge in [0.2, 0.25) is 0 Å². The molecule has 0 heterocycles. The maximum absolute atomic E-state index is 12.9. The Kier molecular flexibility index (Phi) is 5.57. The molecule has 1 amide bonds. The summed E-state index contributed by atoms with van der Waals surface area (Å²) in [6.07, 6.45) is 2.27. The number of nitrogens with one attached hydrogen (secondary N) is 1. The van der Waals surface area contributed by atoms with Gasteiger partial charge in [0.05, 0.1) is 12.7 Å². The monoisotopic (exact) mass is 393 g/mol. The van der Waals surface area contributed by atoms with E-state index in [4.69, 9.17) is 4.74 Å². The summed E-state index contributed by atoms with van der Waals surface area (Å²) in [5, 5.41) is 3.02. The minimum absolute atomic E-state index is 0.0668. The first kappa shape index (κ1) is 21.1. The Bertz CT molecular complexity index is 939. The van der Waals surface area contributed by atoms with Crippen LogP contribution < -0.4 is 5.32 Å². The lowest BCUT2D eigenvalue weighted by atomic mass is 9.62. The number of carbonyl (C=O) groups is 2. The molecule has 0 saturated carbocycles. The molecular weight excluding hydrogens is 362 g/mol. The van der Waals surface area contributed by atoms with E-state index in [1.54, 1.807) is 12.1 Å². The molecule has 0 radical (unpaired) electrons. The Morgan fingerprint density at radius 3 is 2.07 bits per heavy atom. The van der Waals surface area contributed by atoms with Gasteiger partial charge in [0.1, 0.15) is 0 Å². The smallest absolute Gasteiger partial charge is 0.337 e. The molecule has 0 fully saturated rings. The molecule has 0 atom stereocenters. The van der Waals surface area contributed by atoms with Crippen molar-refractivity contribution in [2.24, 2.45) is 0 Å². The number of esters is 1. The van der Waals surface area contributed by atoms with Crippen molar-refractivity contribution >= 4 is 11.9 Å². The maximum Gasteiger partial charge on any atom is 0.337 e. The summed E-state index contributed by atoms with van der Waals surface area (Å²) < 4.78 is 4.71. The van der Waals surface area contributed by atoms with Crippen LogP contribution in [-0.4, -0.2) is 19.0 Å². The van der Waals surface area contributed by atoms with Gasteiger partial charge in [0.25, 0.3) is 5.91 Å². The SMILES string of the molecule is COC(=O)c1ccc(CNC(=O)c2cc3c(cc2C)C(C)(C)CCC3(C)C)cc1. The first-order valence-electron chi connectivity index (χ1n) is 10.2. The van der Waals surface area contributed by atoms with E-state index in [2.05, 4.69) is 45.1 Å². The standard InChI is InChI=1S/C25H31NO3/c1-16-13-20-21(25(4,5)12-11-24(20,2)3)14-19(16)22(27)26-15-17-7-9-18(10-8-17)23(28)29-6/h7-10,13-14H,11-12,15H2,1-6H3,(H,26,27). The number of carbonyl (C=O) groups excluding carboxylic acids is 2. The van der Waals surface area contributed by atoms with Gasteiger partial charge in [0, 0.05) is 12.1 Å². The zero-order valence-electron chi connectivity index (χ0n) is 18.3. The largest absolute Gasteiger partial charge is 0.465 e. The third kappa shape index (κ3) is 4.21. The third-order valence-electron chi connectivity index (χ3n) is 6.27. The van der Waals surface area contributed by atoms with Crippen LogP contribution in [0.5, 0.6) is 0 Å². The van der Waals surface area contributed by atoms with E-state index < -0.39 is 0 Å². The van der Waals surface area contributed by atoms with Crippen molar-refractivity contribution in [2.45, 2.75) is 64.8 Å². The molecular formula is C25H31NO3. The Labute approximate surface area is 173 Å². The Morgan fingerprint density at radius 1 is 0.966 bits per heavy atom. The first-order valence-corrected chi connectivity index (χ1v) is 10.2. The first-order chi connectivity index (χ1) is 13.5. The fraction of sp³-hybridized carbons (Fsp3) is 0.440. The van der Waals surface area contributed by atoms with E-state index in [1.165, 1.54) is 18.2 Å². The number of amides is 1. The van der Waals surface area contributed by atoms with Crippen molar-refractivity contribution in [3.63, 3.8) is 0 Å². The summed E-state index contributed by atoms with van der Waals surface area (Å²) >= 11 is 0. The lowest BCUT2D eigenvalue weighted by molar-refractivity contribution is 0.0600. The van der Waals surface area contributed by atoms with Gasteiger partial charge in [-0.1, -0.05) is 45.9 Å². The summed E-state index contributed by atoms with van der Waals surface area (Å²) in [5.41, 5.74) is 6.02. The fourth-order valence-corrected chi connectivity index (χ4v) is 4.12. The topological polar surface area (TPSA) is 55.4 Å². The Balaban J connectivity index is 1.80. The van der Waals surface area contributed by atoms with Gasteiger partial charge in [-0.05, 0) is 71.0 Å². The molecule has 4 heteroatoms. The van der Waals surface area contributed by atoms with E-state index >= 15 is 0 Å². The van der Waals surface area contributed by atoms with Crippen LogP contribution >= 0.6 is 0 Å². The van der Waals surface area contributed by atoms with Crippen LogP contribution in [0.15, 0.2) is 36.4 Å². The second kappa shape index (κ2) is 7.66. The lowest BCUT2D eigenvalue weighted by Gasteiger charge is -2.42. The molecule has 3 rings (SSSR count). The van der Waals surface area contributed by atoms with Crippen molar-refractivity contribution in [1.82, 2.24) is 5.32 Å². The van der Waals surface area contributed by atoms with Gasteiger partial charge >= 0.3 is 5.97 Å². The van der Waals surface area contributed by atoms with Crippen molar-refractivity contribution in [2.75, 3.05) is 7.11 Å². The van der Waals surface area contributed by atoms with E-state index in [0.29, 0.717) is 12.1 Å². The van der Waals surface area contributed by atoms with Crippen molar-refractivity contribution in [3.8, 4) is 0 Å². The van der Waals surface area contributed by atoms with E-state index in [0.717, 1.165) is 29.5 Å². The highest BCUT2D eigenvalue weighted by Crippen LogP contribution is 2.46. The Morgan fingerprint density at radius 2 is 1.52 bits per heavy atom. The van der Waals surface area contributed by atoms with Crippen LogP contribution in [0.2, 0.25) is 0 Å². The summed E-state index contributed by atoms with van der Waals surface area (Å²) in [5.74, 6) is -0.433. The number of rotatable bonds is 4. The van der Waals surface area contributed by atoms with E-state index in [9.17, 15) is 9.59 Å². The van der Waals surface area contributed by atoms with Crippen LogP contribution in [0.3, 0.4) is 0 Å². The molecule has 0 bridgehead atoms. The van der Waals surface area contributed by atoms with Gasteiger partial charge in [-0.25, -0.2) is 4.79 Å². The van der Waals surface area contributed by atoms with Gasteiger partial charge in [-0.15, -0.1) is 0 Å². The molecule has 154 valence electrons. The molecule has 2 aromatic carbocycles. The summed E-state index contributed by atoms with van der Waals surface area (Å²) in [6.45, 7) is 11.5. The van der Waals surface area contributed by atoms with Crippen LogP contribution in [-0.2, 0) is 22.1 Å². The fourth-order valence-electron chi connectivity index (χ4n) is 4.12. The normalized spacial score (nSPS) is 16.6. The predicted octanol–water partition coefficient (Wildman–Crippen LogP) is 5.06. The van der Waals surface area contributed by atoms with Crippen molar-refractivity contribution in [1.29, 1.82) is 0 Å². The predicted molar refractivity (Wildman–Crippen MR) is 115 cm³/mol. The number of aryl methyl sites for hydroxylation is 1. The van der Waals surface area contributed by atoms with Crippen molar-refractivity contribution in [3.05, 3.63) is 69.8 Å². The molecule has 1 aliphatic rings. The second-order valence-corrected chi connectivity index (χ2v) is 9.35. The second-order valence-electron chi connectivity index (χ2n) is 9.35. The quantitative estimate of drug-likeness (QED) is 0.739. The zero-order chi connectivity index (χ0) is 21.4. The van der Waals surface area contributed by atoms with E-state index in [1.807, 2.05) is 19.1 Å². The number of ether oxygens (including phenoxy) is 1. The number of hydrogen-bond acceptors (Lipinski definition) is 3. The molecule has 0 aliphatic heterocycles. The van der Waals surface area contributed by atoms with Crippen LogP contribution in [0.1, 0.15) is 83.5 Å². The molecule has 1 N–H and O–H groups in total. The molecule has 2 aromatic rings. The maximum atomic E-state index is 12.9. The molecule has 0 saturated heterocycles. The highest BCUT2D eigenvalue weighted by molar-refractivity contribution is 5.96. The van der Waals surface area contributed by atoms with Gasteiger partial charge in [-0.2, -0.15) is 0 Å². The highest BCUT2D eigenvalue weighted by atomic mass is 16.5. The molecule has 1 aliphatic carbocycles. The molecule has 4 nitrogen and oxygen atoms in total. The molecule has 0 spiro atoms. The van der Waals surface area contributed by atoms with Gasteiger partial charge < -0.3 is 10.1 Å². The van der Waals surface area contributed by atoms with Crippen LogP contribution in [0.4, 0.5) is 0 Å². The number of hydrogen-bond donors (Lipinski definition) is 1. The van der Waals surface area contributed by atoms with Gasteiger partial charge in [0.15, 0.2) is 0 Å². The summed E-state index contributed by atoms with van der Waals surface area (Å²) in [6, 6.07) is 11.4. The van der Waals surface area contributed by atoms with Crippen LogP contribution in [0.25, 0.3) is 0 Å².